The summed E-state index contributed by atoms with van der Waals surface area (Å²) in [6, 6.07) is 1.65. The molecule has 1 aliphatic heterocycles. The van der Waals surface area contributed by atoms with Crippen molar-refractivity contribution in [2.75, 3.05) is 26.8 Å². The highest BCUT2D eigenvalue weighted by molar-refractivity contribution is 7.12. The fourth-order valence-electron chi connectivity index (χ4n) is 2.60. The van der Waals surface area contributed by atoms with Crippen LogP contribution >= 0.6 is 11.3 Å². The summed E-state index contributed by atoms with van der Waals surface area (Å²) in [6.07, 6.45) is 0.225. The molecule has 0 aliphatic carbocycles. The van der Waals surface area contributed by atoms with E-state index in [1.54, 1.807) is 23.5 Å². The minimum atomic E-state index is -0.209. The molecule has 2 aromatic heterocycles. The van der Waals surface area contributed by atoms with E-state index in [2.05, 4.69) is 10.1 Å². The van der Waals surface area contributed by atoms with E-state index in [4.69, 9.17) is 14.0 Å². The molecule has 1 atom stereocenters. The number of ether oxygens (including phenoxy) is 2. The quantitative estimate of drug-likeness (QED) is 0.717. The standard InChI is InChI=1S/C16H19N3O5S/c1-10(20)13-5-11(9-25-13)16(21)19-3-4-23-12(7-19)6-15-17-14(8-22-2)18-24-15/h5,9,12H,3-4,6-8H2,1-2H3. The first-order valence-corrected chi connectivity index (χ1v) is 8.75. The zero-order chi connectivity index (χ0) is 17.8. The van der Waals surface area contributed by atoms with Gasteiger partial charge in [-0.25, -0.2) is 0 Å². The zero-order valence-electron chi connectivity index (χ0n) is 14.1. The Kier molecular flexibility index (Phi) is 5.57. The first-order chi connectivity index (χ1) is 12.1. The number of carbonyl (C=O) groups excluding carboxylic acids is 2. The number of amides is 1. The molecule has 1 unspecified atom stereocenters. The molecule has 1 amide bonds. The van der Waals surface area contributed by atoms with E-state index in [0.717, 1.165) is 0 Å². The lowest BCUT2D eigenvalue weighted by Crippen LogP contribution is -2.46. The number of nitrogens with zero attached hydrogens (tertiary/aromatic N) is 3. The molecule has 0 radical (unpaired) electrons. The molecule has 134 valence electrons. The molecule has 8 nitrogen and oxygen atoms in total. The van der Waals surface area contributed by atoms with Crippen LogP contribution in [0.3, 0.4) is 0 Å². The highest BCUT2D eigenvalue weighted by Gasteiger charge is 2.27. The number of rotatable bonds is 6. The number of Topliss-reactive ketones (excluding diaryl/α,β-unsaturated/α-hetero) is 1. The lowest BCUT2D eigenvalue weighted by atomic mass is 10.1. The van der Waals surface area contributed by atoms with E-state index < -0.39 is 0 Å². The van der Waals surface area contributed by atoms with E-state index in [1.807, 2.05) is 0 Å². The van der Waals surface area contributed by atoms with Gasteiger partial charge in [-0.1, -0.05) is 5.16 Å². The Morgan fingerprint density at radius 1 is 1.48 bits per heavy atom. The van der Waals surface area contributed by atoms with Gasteiger partial charge in [0.2, 0.25) is 5.89 Å². The summed E-state index contributed by atoms with van der Waals surface area (Å²) in [7, 11) is 1.56. The molecular weight excluding hydrogens is 346 g/mol. The molecule has 3 heterocycles. The fourth-order valence-corrected chi connectivity index (χ4v) is 3.38. The summed E-state index contributed by atoms with van der Waals surface area (Å²) in [5.41, 5.74) is 0.538. The Bertz CT molecular complexity index is 757. The average molecular weight is 365 g/mol. The second kappa shape index (κ2) is 7.85. The van der Waals surface area contributed by atoms with Gasteiger partial charge in [-0.15, -0.1) is 11.3 Å². The summed E-state index contributed by atoms with van der Waals surface area (Å²) in [4.78, 5) is 30.6. The van der Waals surface area contributed by atoms with Crippen LogP contribution in [0.5, 0.6) is 0 Å². The Labute approximate surface area is 148 Å². The predicted molar refractivity (Wildman–Crippen MR) is 88.7 cm³/mol. The van der Waals surface area contributed by atoms with Gasteiger partial charge in [0.15, 0.2) is 11.6 Å². The maximum Gasteiger partial charge on any atom is 0.254 e. The van der Waals surface area contributed by atoms with Crippen LogP contribution in [0.25, 0.3) is 0 Å². The molecule has 9 heteroatoms. The van der Waals surface area contributed by atoms with Crippen LogP contribution in [0.4, 0.5) is 0 Å². The molecular formula is C16H19N3O5S. The van der Waals surface area contributed by atoms with Crippen molar-refractivity contribution >= 4 is 23.0 Å². The number of methoxy groups -OCH3 is 1. The first kappa shape index (κ1) is 17.7. The number of hydrogen-bond donors (Lipinski definition) is 0. The van der Waals surface area contributed by atoms with Crippen molar-refractivity contribution in [3.63, 3.8) is 0 Å². The third kappa shape index (κ3) is 4.30. The number of morpholine rings is 1. The number of aromatic nitrogens is 2. The number of carbonyl (C=O) groups is 2. The molecule has 1 aliphatic rings. The Morgan fingerprint density at radius 3 is 3.04 bits per heavy atom. The number of ketones is 1. The van der Waals surface area contributed by atoms with Crippen LogP contribution in [-0.2, 0) is 22.5 Å². The summed E-state index contributed by atoms with van der Waals surface area (Å²) in [5.74, 6) is 0.812. The lowest BCUT2D eigenvalue weighted by molar-refractivity contribution is -0.0237. The van der Waals surface area contributed by atoms with Gasteiger partial charge in [-0.05, 0) is 13.0 Å². The monoisotopic (exact) mass is 365 g/mol. The molecule has 0 saturated carbocycles. The first-order valence-electron chi connectivity index (χ1n) is 7.87. The third-order valence-corrected chi connectivity index (χ3v) is 4.84. The van der Waals surface area contributed by atoms with Crippen molar-refractivity contribution in [3.05, 3.63) is 33.6 Å². The minimum absolute atomic E-state index is 0.0350. The lowest BCUT2D eigenvalue weighted by Gasteiger charge is -2.32. The molecule has 2 aromatic rings. The maximum absolute atomic E-state index is 12.6. The number of hydrogen-bond acceptors (Lipinski definition) is 8. The van der Waals surface area contributed by atoms with Crippen molar-refractivity contribution in [2.24, 2.45) is 0 Å². The SMILES string of the molecule is COCc1noc(CC2CN(C(=O)c3csc(C(C)=O)c3)CCO2)n1. The molecule has 1 fully saturated rings. The smallest absolute Gasteiger partial charge is 0.254 e. The summed E-state index contributed by atoms with van der Waals surface area (Å²) in [6.45, 7) is 3.17. The van der Waals surface area contributed by atoms with Gasteiger partial charge >= 0.3 is 0 Å². The van der Waals surface area contributed by atoms with Gasteiger partial charge in [-0.3, -0.25) is 9.59 Å². The van der Waals surface area contributed by atoms with Gasteiger partial charge in [0, 0.05) is 25.6 Å². The van der Waals surface area contributed by atoms with E-state index in [0.29, 0.717) is 48.3 Å². The molecule has 25 heavy (non-hydrogen) atoms. The highest BCUT2D eigenvalue weighted by Crippen LogP contribution is 2.19. The summed E-state index contributed by atoms with van der Waals surface area (Å²) in [5, 5.41) is 5.54. The third-order valence-electron chi connectivity index (χ3n) is 3.81. The van der Waals surface area contributed by atoms with Crippen molar-refractivity contribution in [1.82, 2.24) is 15.0 Å². The van der Waals surface area contributed by atoms with Crippen molar-refractivity contribution < 1.29 is 23.6 Å². The van der Waals surface area contributed by atoms with Crippen molar-refractivity contribution in [1.29, 1.82) is 0 Å². The molecule has 1 saturated heterocycles. The van der Waals surface area contributed by atoms with Crippen LogP contribution in [0.2, 0.25) is 0 Å². The summed E-state index contributed by atoms with van der Waals surface area (Å²) < 4.78 is 15.8. The second-order valence-electron chi connectivity index (χ2n) is 5.74. The zero-order valence-corrected chi connectivity index (χ0v) is 14.9. The topological polar surface area (TPSA) is 94.8 Å². The Hall–Kier alpha value is -2.10. The Morgan fingerprint density at radius 2 is 2.32 bits per heavy atom. The minimum Gasteiger partial charge on any atom is -0.377 e. The van der Waals surface area contributed by atoms with Crippen LogP contribution in [0, 0.1) is 0 Å². The molecule has 0 aromatic carbocycles. The fraction of sp³-hybridized carbons (Fsp3) is 0.500. The maximum atomic E-state index is 12.6. The van der Waals surface area contributed by atoms with Crippen LogP contribution < -0.4 is 0 Å². The highest BCUT2D eigenvalue weighted by atomic mass is 32.1. The van der Waals surface area contributed by atoms with Gasteiger partial charge in [0.05, 0.1) is 29.6 Å². The van der Waals surface area contributed by atoms with Crippen LogP contribution in [0.1, 0.15) is 38.7 Å². The number of thiophene rings is 1. The van der Waals surface area contributed by atoms with E-state index in [-0.39, 0.29) is 24.4 Å². The second-order valence-corrected chi connectivity index (χ2v) is 6.65. The van der Waals surface area contributed by atoms with E-state index in [9.17, 15) is 9.59 Å². The van der Waals surface area contributed by atoms with Gasteiger partial charge in [0.1, 0.15) is 6.61 Å². The Balaban J connectivity index is 1.61. The van der Waals surface area contributed by atoms with Gasteiger partial charge in [0.25, 0.3) is 5.91 Å². The van der Waals surface area contributed by atoms with E-state index in [1.165, 1.54) is 18.3 Å². The summed E-state index contributed by atoms with van der Waals surface area (Å²) >= 11 is 1.29. The van der Waals surface area contributed by atoms with Crippen LogP contribution in [0.15, 0.2) is 16.0 Å². The van der Waals surface area contributed by atoms with Gasteiger partial charge < -0.3 is 18.9 Å². The molecule has 0 N–H and O–H groups in total. The van der Waals surface area contributed by atoms with E-state index >= 15 is 0 Å². The largest absolute Gasteiger partial charge is 0.377 e. The molecule has 0 bridgehead atoms. The molecule has 0 spiro atoms. The molecule has 3 rings (SSSR count). The average Bonchev–Trinajstić information content (AvgIpc) is 3.24. The van der Waals surface area contributed by atoms with Crippen molar-refractivity contribution in [2.45, 2.75) is 26.1 Å². The van der Waals surface area contributed by atoms with Gasteiger partial charge in [-0.2, -0.15) is 4.98 Å². The normalized spacial score (nSPS) is 17.7. The predicted octanol–water partition coefficient (Wildman–Crippen LogP) is 1.56. The van der Waals surface area contributed by atoms with Crippen molar-refractivity contribution in [3.8, 4) is 0 Å². The van der Waals surface area contributed by atoms with Crippen LogP contribution in [-0.4, -0.2) is 59.6 Å².